The van der Waals surface area contributed by atoms with Crippen LogP contribution in [-0.2, 0) is 4.79 Å². The summed E-state index contributed by atoms with van der Waals surface area (Å²) in [6.45, 7) is 3.93. The molecule has 0 aliphatic carbocycles. The molecular weight excluding hydrogens is 234 g/mol. The van der Waals surface area contributed by atoms with E-state index in [0.29, 0.717) is 17.9 Å². The molecule has 98 valence electrons. The molecule has 0 aliphatic rings. The molecule has 2 N–H and O–H groups in total. The Morgan fingerprint density at radius 3 is 2.67 bits per heavy atom. The predicted octanol–water partition coefficient (Wildman–Crippen LogP) is 1.54. The van der Waals surface area contributed by atoms with E-state index in [1.165, 1.54) is 6.92 Å². The van der Waals surface area contributed by atoms with E-state index in [-0.39, 0.29) is 12.5 Å². The van der Waals surface area contributed by atoms with E-state index in [0.717, 1.165) is 0 Å². The lowest BCUT2D eigenvalue weighted by Crippen LogP contribution is -2.31. The Labute approximate surface area is 106 Å². The largest absolute Gasteiger partial charge is 0.493 e. The summed E-state index contributed by atoms with van der Waals surface area (Å²) in [5, 5.41) is 11.3. The van der Waals surface area contributed by atoms with Gasteiger partial charge in [-0.25, -0.2) is 0 Å². The molecule has 1 unspecified atom stereocenters. The van der Waals surface area contributed by atoms with Crippen molar-refractivity contribution in [2.75, 3.05) is 13.2 Å². The van der Waals surface area contributed by atoms with Crippen molar-refractivity contribution in [2.24, 2.45) is 5.92 Å². The van der Waals surface area contributed by atoms with Gasteiger partial charge < -0.3 is 15.2 Å². The first kappa shape index (κ1) is 14.0. The van der Waals surface area contributed by atoms with Gasteiger partial charge >= 0.3 is 5.97 Å². The number of para-hydroxylation sites is 1. The van der Waals surface area contributed by atoms with Gasteiger partial charge in [0.05, 0.1) is 18.1 Å². The first-order valence-electron chi connectivity index (χ1n) is 5.79. The van der Waals surface area contributed by atoms with Gasteiger partial charge in [-0.1, -0.05) is 19.1 Å². The summed E-state index contributed by atoms with van der Waals surface area (Å²) in [5.74, 6) is -1.38. The number of nitrogens with one attached hydrogen (secondary N) is 1. The van der Waals surface area contributed by atoms with Crippen LogP contribution in [0.25, 0.3) is 0 Å². The van der Waals surface area contributed by atoms with Crippen molar-refractivity contribution in [3.05, 3.63) is 29.8 Å². The topological polar surface area (TPSA) is 75.6 Å². The SMILES string of the molecule is CCOc1ccccc1C(=O)NCC(C)C(=O)O. The van der Waals surface area contributed by atoms with Crippen LogP contribution in [0.15, 0.2) is 24.3 Å². The highest BCUT2D eigenvalue weighted by Crippen LogP contribution is 2.17. The fraction of sp³-hybridized carbons (Fsp3) is 0.385. The third-order valence-corrected chi connectivity index (χ3v) is 2.42. The second kappa shape index (κ2) is 6.64. The highest BCUT2D eigenvalue weighted by atomic mass is 16.5. The molecule has 0 aliphatic heterocycles. The Kier molecular flexibility index (Phi) is 5.17. The fourth-order valence-corrected chi connectivity index (χ4v) is 1.36. The lowest BCUT2D eigenvalue weighted by Gasteiger charge is -2.11. The van der Waals surface area contributed by atoms with Crippen molar-refractivity contribution in [1.82, 2.24) is 5.32 Å². The molecular formula is C13H17NO4. The van der Waals surface area contributed by atoms with Gasteiger partial charge in [0, 0.05) is 6.54 Å². The number of hydrogen-bond donors (Lipinski definition) is 2. The molecule has 0 radical (unpaired) electrons. The number of carboxylic acids is 1. The van der Waals surface area contributed by atoms with Gasteiger partial charge in [0.15, 0.2) is 0 Å². The van der Waals surface area contributed by atoms with Gasteiger partial charge in [-0.2, -0.15) is 0 Å². The minimum atomic E-state index is -0.937. The van der Waals surface area contributed by atoms with E-state index in [1.54, 1.807) is 24.3 Å². The first-order chi connectivity index (χ1) is 8.56. The zero-order valence-electron chi connectivity index (χ0n) is 10.5. The molecule has 1 amide bonds. The number of carbonyl (C=O) groups excluding carboxylic acids is 1. The van der Waals surface area contributed by atoms with Crippen LogP contribution in [0.5, 0.6) is 5.75 Å². The molecule has 0 spiro atoms. The number of rotatable bonds is 6. The summed E-state index contributed by atoms with van der Waals surface area (Å²) in [6.07, 6.45) is 0. The number of amides is 1. The van der Waals surface area contributed by atoms with Crippen LogP contribution in [0.3, 0.4) is 0 Å². The van der Waals surface area contributed by atoms with E-state index in [4.69, 9.17) is 9.84 Å². The van der Waals surface area contributed by atoms with E-state index >= 15 is 0 Å². The van der Waals surface area contributed by atoms with Crippen molar-refractivity contribution in [2.45, 2.75) is 13.8 Å². The highest BCUT2D eigenvalue weighted by Gasteiger charge is 2.15. The lowest BCUT2D eigenvalue weighted by atomic mass is 10.1. The quantitative estimate of drug-likeness (QED) is 0.804. The molecule has 0 aromatic heterocycles. The summed E-state index contributed by atoms with van der Waals surface area (Å²) >= 11 is 0. The smallest absolute Gasteiger partial charge is 0.308 e. The standard InChI is InChI=1S/C13H17NO4/c1-3-18-11-7-5-4-6-10(11)12(15)14-8-9(2)13(16)17/h4-7,9H,3,8H2,1-2H3,(H,14,15)(H,16,17). The molecule has 0 saturated heterocycles. The van der Waals surface area contributed by atoms with Crippen molar-refractivity contribution >= 4 is 11.9 Å². The number of carboxylic acid groups (broad SMARTS) is 1. The number of carbonyl (C=O) groups is 2. The van der Waals surface area contributed by atoms with Crippen LogP contribution in [0.2, 0.25) is 0 Å². The normalized spacial score (nSPS) is 11.7. The molecule has 1 aromatic carbocycles. The molecule has 1 rings (SSSR count). The van der Waals surface area contributed by atoms with Gasteiger partial charge in [-0.15, -0.1) is 0 Å². The number of aliphatic carboxylic acids is 1. The average molecular weight is 251 g/mol. The van der Waals surface area contributed by atoms with Crippen molar-refractivity contribution in [3.63, 3.8) is 0 Å². The number of hydrogen-bond acceptors (Lipinski definition) is 3. The molecule has 0 saturated carbocycles. The summed E-state index contributed by atoms with van der Waals surface area (Å²) in [7, 11) is 0. The zero-order chi connectivity index (χ0) is 13.5. The third-order valence-electron chi connectivity index (χ3n) is 2.42. The van der Waals surface area contributed by atoms with Crippen molar-refractivity contribution in [3.8, 4) is 5.75 Å². The molecule has 1 aromatic rings. The third kappa shape index (κ3) is 3.76. The van der Waals surface area contributed by atoms with Crippen LogP contribution in [0, 0.1) is 5.92 Å². The number of ether oxygens (including phenoxy) is 1. The van der Waals surface area contributed by atoms with E-state index in [1.807, 2.05) is 6.92 Å². The predicted molar refractivity (Wildman–Crippen MR) is 66.7 cm³/mol. The molecule has 0 fully saturated rings. The Hall–Kier alpha value is -2.04. The summed E-state index contributed by atoms with van der Waals surface area (Å²) in [4.78, 5) is 22.5. The molecule has 0 heterocycles. The summed E-state index contributed by atoms with van der Waals surface area (Å²) in [6, 6.07) is 6.87. The minimum absolute atomic E-state index is 0.0919. The summed E-state index contributed by atoms with van der Waals surface area (Å²) in [5.41, 5.74) is 0.414. The van der Waals surface area contributed by atoms with Gasteiger partial charge in [0.1, 0.15) is 5.75 Å². The van der Waals surface area contributed by atoms with E-state index < -0.39 is 11.9 Å². The Morgan fingerprint density at radius 2 is 2.06 bits per heavy atom. The van der Waals surface area contributed by atoms with Gasteiger partial charge in [0.25, 0.3) is 5.91 Å². The molecule has 0 bridgehead atoms. The Bertz CT molecular complexity index is 431. The van der Waals surface area contributed by atoms with Crippen molar-refractivity contribution < 1.29 is 19.4 Å². The van der Waals surface area contributed by atoms with Crippen LogP contribution < -0.4 is 10.1 Å². The maximum atomic E-state index is 11.9. The first-order valence-corrected chi connectivity index (χ1v) is 5.79. The molecule has 5 nitrogen and oxygen atoms in total. The summed E-state index contributed by atoms with van der Waals surface area (Å²) < 4.78 is 5.34. The molecule has 5 heteroatoms. The van der Waals surface area contributed by atoms with Gasteiger partial charge in [0.2, 0.25) is 0 Å². The molecule has 18 heavy (non-hydrogen) atoms. The zero-order valence-corrected chi connectivity index (χ0v) is 10.5. The van der Waals surface area contributed by atoms with Crippen LogP contribution in [0.1, 0.15) is 24.2 Å². The monoisotopic (exact) mass is 251 g/mol. The Morgan fingerprint density at radius 1 is 1.39 bits per heavy atom. The fourth-order valence-electron chi connectivity index (χ4n) is 1.36. The lowest BCUT2D eigenvalue weighted by molar-refractivity contribution is -0.140. The maximum Gasteiger partial charge on any atom is 0.308 e. The highest BCUT2D eigenvalue weighted by molar-refractivity contribution is 5.97. The van der Waals surface area contributed by atoms with Crippen LogP contribution in [-0.4, -0.2) is 30.1 Å². The van der Waals surface area contributed by atoms with Crippen LogP contribution in [0.4, 0.5) is 0 Å². The van der Waals surface area contributed by atoms with Gasteiger partial charge in [-0.3, -0.25) is 9.59 Å². The van der Waals surface area contributed by atoms with E-state index in [2.05, 4.69) is 5.32 Å². The minimum Gasteiger partial charge on any atom is -0.493 e. The van der Waals surface area contributed by atoms with Crippen molar-refractivity contribution in [1.29, 1.82) is 0 Å². The molecule has 1 atom stereocenters. The average Bonchev–Trinajstić information content (AvgIpc) is 2.36. The second-order valence-electron chi connectivity index (χ2n) is 3.88. The van der Waals surface area contributed by atoms with Crippen LogP contribution >= 0.6 is 0 Å². The van der Waals surface area contributed by atoms with E-state index in [9.17, 15) is 9.59 Å². The van der Waals surface area contributed by atoms with Gasteiger partial charge in [-0.05, 0) is 19.1 Å². The Balaban J connectivity index is 2.69. The second-order valence-corrected chi connectivity index (χ2v) is 3.88. The number of benzene rings is 1. The maximum absolute atomic E-state index is 11.9.